The molecular weight excluding hydrogens is 306 g/mol. The molecule has 0 spiro atoms. The third-order valence-electron chi connectivity index (χ3n) is 4.98. The number of nitrogens with zero attached hydrogens (tertiary/aromatic N) is 1. The number of hydrogen-bond donors (Lipinski definition) is 2. The van der Waals surface area contributed by atoms with Crippen LogP contribution in [-0.4, -0.2) is 34.7 Å². The van der Waals surface area contributed by atoms with E-state index in [-0.39, 0.29) is 23.6 Å². The zero-order valence-electron chi connectivity index (χ0n) is 14.0. The molecule has 1 aromatic carbocycles. The van der Waals surface area contributed by atoms with Gasteiger partial charge >= 0.3 is 0 Å². The highest BCUT2D eigenvalue weighted by Crippen LogP contribution is 2.28. The van der Waals surface area contributed by atoms with Crippen molar-refractivity contribution in [3.63, 3.8) is 0 Å². The lowest BCUT2D eigenvalue weighted by Crippen LogP contribution is -2.53. The Morgan fingerprint density at radius 3 is 2.75 bits per heavy atom. The van der Waals surface area contributed by atoms with Crippen LogP contribution in [0.2, 0.25) is 0 Å². The summed E-state index contributed by atoms with van der Waals surface area (Å²) in [6.07, 6.45) is 1.64. The molecule has 1 aromatic rings. The first-order valence-electron chi connectivity index (χ1n) is 8.50. The van der Waals surface area contributed by atoms with Gasteiger partial charge in [-0.1, -0.05) is 38.5 Å². The molecule has 128 valence electrons. The zero-order valence-corrected chi connectivity index (χ0v) is 14.0. The van der Waals surface area contributed by atoms with E-state index in [2.05, 4.69) is 10.6 Å². The summed E-state index contributed by atoms with van der Waals surface area (Å²) < 4.78 is 0. The van der Waals surface area contributed by atoms with Gasteiger partial charge in [-0.2, -0.15) is 0 Å². The highest BCUT2D eigenvalue weighted by molar-refractivity contribution is 6.00. The molecule has 0 aliphatic carbocycles. The standard InChI is InChI=1S/C18H23N3O3/c1-3-11(2)16-17(23)20-13-7-5-4-6-12(13)10-21(16)18(24)14-8-9-15(22)19-14/h4-7,11,14,16H,3,8-10H2,1-2H3,(H,19,22)(H,20,23)/t11-,14?,16-/m0/s1. The van der Waals surface area contributed by atoms with E-state index in [0.717, 1.165) is 17.7 Å². The number of nitrogens with one attached hydrogen (secondary N) is 2. The first kappa shape index (κ1) is 16.5. The van der Waals surface area contributed by atoms with Crippen LogP contribution >= 0.6 is 0 Å². The number of amides is 3. The number of benzene rings is 1. The first-order valence-corrected chi connectivity index (χ1v) is 8.50. The third-order valence-corrected chi connectivity index (χ3v) is 4.98. The highest BCUT2D eigenvalue weighted by Gasteiger charge is 2.40. The van der Waals surface area contributed by atoms with Gasteiger partial charge in [0.15, 0.2) is 0 Å². The summed E-state index contributed by atoms with van der Waals surface area (Å²) in [6.45, 7) is 4.36. The lowest BCUT2D eigenvalue weighted by Gasteiger charge is -2.34. The van der Waals surface area contributed by atoms with Crippen molar-refractivity contribution in [2.24, 2.45) is 5.92 Å². The van der Waals surface area contributed by atoms with Gasteiger partial charge in [0, 0.05) is 18.7 Å². The summed E-state index contributed by atoms with van der Waals surface area (Å²) in [5, 5.41) is 5.68. The molecule has 2 heterocycles. The number of para-hydroxylation sites is 1. The van der Waals surface area contributed by atoms with E-state index in [1.807, 2.05) is 38.1 Å². The Bertz CT molecular complexity index is 673. The second-order valence-electron chi connectivity index (χ2n) is 6.60. The van der Waals surface area contributed by atoms with Crippen molar-refractivity contribution < 1.29 is 14.4 Å². The molecule has 1 unspecified atom stereocenters. The van der Waals surface area contributed by atoms with Gasteiger partial charge in [0.2, 0.25) is 17.7 Å². The minimum absolute atomic E-state index is 0.0281. The van der Waals surface area contributed by atoms with Crippen LogP contribution in [0.4, 0.5) is 5.69 Å². The zero-order chi connectivity index (χ0) is 17.3. The summed E-state index contributed by atoms with van der Waals surface area (Å²) in [6, 6.07) is 6.48. The minimum atomic E-state index is -0.535. The molecule has 3 amide bonds. The van der Waals surface area contributed by atoms with E-state index in [0.29, 0.717) is 19.4 Å². The molecule has 0 aromatic heterocycles. The Balaban J connectivity index is 1.96. The van der Waals surface area contributed by atoms with Crippen LogP contribution in [0.5, 0.6) is 0 Å². The Morgan fingerprint density at radius 2 is 2.08 bits per heavy atom. The fourth-order valence-electron chi connectivity index (χ4n) is 3.41. The van der Waals surface area contributed by atoms with Crippen LogP contribution in [0.15, 0.2) is 24.3 Å². The predicted octanol–water partition coefficient (Wildman–Crippen LogP) is 1.66. The lowest BCUT2D eigenvalue weighted by molar-refractivity contribution is -0.142. The summed E-state index contributed by atoms with van der Waals surface area (Å²) in [4.78, 5) is 38.9. The monoisotopic (exact) mass is 329 g/mol. The molecule has 6 nitrogen and oxygen atoms in total. The molecule has 0 bridgehead atoms. The quantitative estimate of drug-likeness (QED) is 0.885. The van der Waals surface area contributed by atoms with Crippen LogP contribution < -0.4 is 10.6 Å². The SMILES string of the molecule is CC[C@H](C)[C@H]1C(=O)Nc2ccccc2CN1C(=O)C1CCC(=O)N1. The van der Waals surface area contributed by atoms with Gasteiger partial charge in [-0.15, -0.1) is 0 Å². The third kappa shape index (κ3) is 3.00. The number of fused-ring (bicyclic) bond motifs is 1. The van der Waals surface area contributed by atoms with E-state index >= 15 is 0 Å². The average molecular weight is 329 g/mol. The summed E-state index contributed by atoms with van der Waals surface area (Å²) in [5.41, 5.74) is 1.66. The molecule has 0 saturated carbocycles. The predicted molar refractivity (Wildman–Crippen MR) is 90.0 cm³/mol. The van der Waals surface area contributed by atoms with Crippen molar-refractivity contribution in [2.75, 3.05) is 5.32 Å². The first-order chi connectivity index (χ1) is 11.5. The number of hydrogen-bond acceptors (Lipinski definition) is 3. The fraction of sp³-hybridized carbons (Fsp3) is 0.500. The maximum Gasteiger partial charge on any atom is 0.247 e. The van der Waals surface area contributed by atoms with E-state index in [9.17, 15) is 14.4 Å². The van der Waals surface area contributed by atoms with Crippen LogP contribution in [0.3, 0.4) is 0 Å². The smallest absolute Gasteiger partial charge is 0.247 e. The van der Waals surface area contributed by atoms with Crippen molar-refractivity contribution in [3.05, 3.63) is 29.8 Å². The topological polar surface area (TPSA) is 78.5 Å². The highest BCUT2D eigenvalue weighted by atomic mass is 16.2. The maximum absolute atomic E-state index is 13.0. The van der Waals surface area contributed by atoms with Crippen molar-refractivity contribution in [3.8, 4) is 0 Å². The van der Waals surface area contributed by atoms with Gasteiger partial charge in [-0.05, 0) is 24.0 Å². The molecular formula is C18H23N3O3. The van der Waals surface area contributed by atoms with Gasteiger partial charge in [0.1, 0.15) is 12.1 Å². The van der Waals surface area contributed by atoms with Crippen LogP contribution in [0.1, 0.15) is 38.7 Å². The molecule has 1 saturated heterocycles. The van der Waals surface area contributed by atoms with Gasteiger partial charge in [0.25, 0.3) is 0 Å². The second kappa shape index (κ2) is 6.63. The molecule has 3 atom stereocenters. The van der Waals surface area contributed by atoms with Crippen LogP contribution in [0, 0.1) is 5.92 Å². The van der Waals surface area contributed by atoms with Gasteiger partial charge in [-0.25, -0.2) is 0 Å². The van der Waals surface area contributed by atoms with Crippen molar-refractivity contribution >= 4 is 23.4 Å². The molecule has 0 radical (unpaired) electrons. The number of anilines is 1. The minimum Gasteiger partial charge on any atom is -0.344 e. The van der Waals surface area contributed by atoms with E-state index in [4.69, 9.17) is 0 Å². The van der Waals surface area contributed by atoms with Gasteiger partial charge in [0.05, 0.1) is 0 Å². The van der Waals surface area contributed by atoms with E-state index < -0.39 is 12.1 Å². The molecule has 2 N–H and O–H groups in total. The largest absolute Gasteiger partial charge is 0.344 e. The van der Waals surface area contributed by atoms with Crippen LogP contribution in [-0.2, 0) is 20.9 Å². The fourth-order valence-corrected chi connectivity index (χ4v) is 3.41. The Labute approximate surface area is 141 Å². The maximum atomic E-state index is 13.0. The van der Waals surface area contributed by atoms with Gasteiger partial charge < -0.3 is 15.5 Å². The summed E-state index contributed by atoms with van der Waals surface area (Å²) in [5.74, 6) is -0.404. The normalized spacial score (nSPS) is 24.7. The second-order valence-corrected chi connectivity index (χ2v) is 6.60. The number of rotatable bonds is 3. The lowest BCUT2D eigenvalue weighted by atomic mass is 9.96. The van der Waals surface area contributed by atoms with Crippen molar-refractivity contribution in [2.45, 2.75) is 51.7 Å². The molecule has 6 heteroatoms. The number of carbonyl (C=O) groups is 3. The van der Waals surface area contributed by atoms with Crippen molar-refractivity contribution in [1.82, 2.24) is 10.2 Å². The Kier molecular flexibility index (Phi) is 4.55. The molecule has 2 aliphatic rings. The van der Waals surface area contributed by atoms with Gasteiger partial charge in [-0.3, -0.25) is 14.4 Å². The summed E-state index contributed by atoms with van der Waals surface area (Å²) >= 11 is 0. The Hall–Kier alpha value is -2.37. The summed E-state index contributed by atoms with van der Waals surface area (Å²) in [7, 11) is 0. The van der Waals surface area contributed by atoms with Crippen molar-refractivity contribution in [1.29, 1.82) is 0 Å². The van der Waals surface area contributed by atoms with Crippen LogP contribution in [0.25, 0.3) is 0 Å². The molecule has 2 aliphatic heterocycles. The van der Waals surface area contributed by atoms with E-state index in [1.165, 1.54) is 0 Å². The molecule has 1 fully saturated rings. The number of carbonyl (C=O) groups excluding carboxylic acids is 3. The molecule has 3 rings (SSSR count). The average Bonchev–Trinajstić information content (AvgIpc) is 2.94. The Morgan fingerprint density at radius 1 is 1.33 bits per heavy atom. The van der Waals surface area contributed by atoms with E-state index in [1.54, 1.807) is 4.90 Å². The molecule has 24 heavy (non-hydrogen) atoms.